The van der Waals surface area contributed by atoms with Crippen LogP contribution in [0.15, 0.2) is 70.9 Å². The molecule has 31 heavy (non-hydrogen) atoms. The van der Waals surface area contributed by atoms with Gasteiger partial charge in [-0.2, -0.15) is 0 Å². The zero-order valence-electron chi connectivity index (χ0n) is 18.2. The molecular formula is C25H28N2O2S2. The van der Waals surface area contributed by atoms with Gasteiger partial charge >= 0.3 is 0 Å². The molecular weight excluding hydrogens is 424 g/mol. The molecule has 0 aliphatic rings. The van der Waals surface area contributed by atoms with Gasteiger partial charge in [-0.25, -0.2) is 0 Å². The minimum absolute atomic E-state index is 0.0118. The molecule has 2 N–H and O–H groups in total. The van der Waals surface area contributed by atoms with Crippen LogP contribution in [-0.4, -0.2) is 17.1 Å². The average molecular weight is 453 g/mol. The van der Waals surface area contributed by atoms with E-state index in [0.29, 0.717) is 5.92 Å². The van der Waals surface area contributed by atoms with Crippen LogP contribution >= 0.6 is 23.1 Å². The first-order valence-electron chi connectivity index (χ1n) is 10.3. The molecule has 1 heterocycles. The molecule has 0 saturated carbocycles. The van der Waals surface area contributed by atoms with Crippen molar-refractivity contribution in [3.8, 4) is 0 Å². The summed E-state index contributed by atoms with van der Waals surface area (Å²) in [6, 6.07) is 19.9. The molecule has 1 aromatic heterocycles. The van der Waals surface area contributed by atoms with Crippen molar-refractivity contribution in [2.45, 2.75) is 49.8 Å². The number of thioether (sulfide) groups is 1. The van der Waals surface area contributed by atoms with Crippen molar-refractivity contribution < 1.29 is 9.59 Å². The number of hydrogen-bond donors (Lipinski definition) is 2. The molecule has 3 aromatic rings. The zero-order chi connectivity index (χ0) is 22.4. The van der Waals surface area contributed by atoms with E-state index in [0.717, 1.165) is 21.0 Å². The van der Waals surface area contributed by atoms with Gasteiger partial charge in [0.05, 0.1) is 11.3 Å². The van der Waals surface area contributed by atoms with Gasteiger partial charge in [-0.1, -0.05) is 44.2 Å². The van der Waals surface area contributed by atoms with Gasteiger partial charge in [0.15, 0.2) is 0 Å². The summed E-state index contributed by atoms with van der Waals surface area (Å²) in [6.07, 6.45) is 0. The third kappa shape index (κ3) is 6.45. The Bertz CT molecular complexity index is 997. The second kappa shape index (κ2) is 10.6. The van der Waals surface area contributed by atoms with E-state index in [1.54, 1.807) is 11.3 Å². The van der Waals surface area contributed by atoms with Gasteiger partial charge in [-0.15, -0.1) is 23.1 Å². The monoisotopic (exact) mass is 452 g/mol. The number of rotatable bonds is 8. The van der Waals surface area contributed by atoms with E-state index in [4.69, 9.17) is 0 Å². The summed E-state index contributed by atoms with van der Waals surface area (Å²) < 4.78 is 0. The average Bonchev–Trinajstić information content (AvgIpc) is 3.27. The SMILES string of the molecule is CC(=O)Nc1ccc(SC(C)C(=O)NC(c2ccc(C(C)C)cc2)c2cccs2)cc1. The molecule has 0 fully saturated rings. The van der Waals surface area contributed by atoms with Crippen molar-refractivity contribution in [3.63, 3.8) is 0 Å². The smallest absolute Gasteiger partial charge is 0.233 e. The molecule has 0 aliphatic carbocycles. The molecule has 0 bridgehead atoms. The standard InChI is InChI=1S/C25H28N2O2S2/c1-16(2)19-7-9-20(10-8-19)24(23-6-5-15-30-23)27-25(29)17(3)31-22-13-11-21(12-14-22)26-18(4)28/h5-17,24H,1-4H3,(H,26,28)(H,27,29). The van der Waals surface area contributed by atoms with Crippen LogP contribution in [0.25, 0.3) is 0 Å². The normalized spacial score (nSPS) is 12.9. The number of thiophene rings is 1. The molecule has 0 saturated heterocycles. The Morgan fingerprint density at radius 1 is 0.903 bits per heavy atom. The van der Waals surface area contributed by atoms with Crippen molar-refractivity contribution in [2.75, 3.05) is 5.32 Å². The molecule has 162 valence electrons. The van der Waals surface area contributed by atoms with Gasteiger partial charge in [0.1, 0.15) is 0 Å². The maximum atomic E-state index is 13.0. The van der Waals surface area contributed by atoms with Crippen molar-refractivity contribution in [1.82, 2.24) is 5.32 Å². The quantitative estimate of drug-likeness (QED) is 0.399. The number of carbonyl (C=O) groups excluding carboxylic acids is 2. The number of carbonyl (C=O) groups is 2. The summed E-state index contributed by atoms with van der Waals surface area (Å²) in [4.78, 5) is 26.3. The highest BCUT2D eigenvalue weighted by molar-refractivity contribution is 8.00. The summed E-state index contributed by atoms with van der Waals surface area (Å²) in [7, 11) is 0. The molecule has 0 radical (unpaired) electrons. The Labute approximate surface area is 192 Å². The summed E-state index contributed by atoms with van der Waals surface area (Å²) in [6.45, 7) is 7.74. The molecule has 6 heteroatoms. The molecule has 4 nitrogen and oxygen atoms in total. The van der Waals surface area contributed by atoms with Crippen LogP contribution in [0, 0.1) is 0 Å². The minimum atomic E-state index is -0.260. The zero-order valence-corrected chi connectivity index (χ0v) is 19.8. The van der Waals surface area contributed by atoms with Crippen molar-refractivity contribution in [2.24, 2.45) is 0 Å². The number of benzene rings is 2. The first-order chi connectivity index (χ1) is 14.8. The Balaban J connectivity index is 1.70. The maximum absolute atomic E-state index is 13.0. The van der Waals surface area contributed by atoms with Gasteiger partial charge in [0.25, 0.3) is 0 Å². The summed E-state index contributed by atoms with van der Waals surface area (Å²) in [5, 5.41) is 7.76. The molecule has 0 aliphatic heterocycles. The highest BCUT2D eigenvalue weighted by Gasteiger charge is 2.22. The van der Waals surface area contributed by atoms with Gasteiger partial charge in [0.2, 0.25) is 11.8 Å². The van der Waals surface area contributed by atoms with Crippen LogP contribution in [0.1, 0.15) is 55.7 Å². The highest BCUT2D eigenvalue weighted by atomic mass is 32.2. The third-order valence-electron chi connectivity index (χ3n) is 4.91. The molecule has 3 rings (SSSR count). The van der Waals surface area contributed by atoms with Gasteiger partial charge < -0.3 is 10.6 Å². The summed E-state index contributed by atoms with van der Waals surface area (Å²) in [5.41, 5.74) is 3.11. The molecule has 0 spiro atoms. The summed E-state index contributed by atoms with van der Waals surface area (Å²) in [5.74, 6) is 0.355. The second-order valence-electron chi connectivity index (χ2n) is 7.74. The van der Waals surface area contributed by atoms with Crippen molar-refractivity contribution in [1.29, 1.82) is 0 Å². The van der Waals surface area contributed by atoms with Crippen molar-refractivity contribution in [3.05, 3.63) is 82.0 Å². The molecule has 2 atom stereocenters. The van der Waals surface area contributed by atoms with Crippen LogP contribution in [-0.2, 0) is 9.59 Å². The number of hydrogen-bond acceptors (Lipinski definition) is 4. The van der Waals surface area contributed by atoms with Crippen LogP contribution in [0.3, 0.4) is 0 Å². The maximum Gasteiger partial charge on any atom is 0.233 e. The fourth-order valence-electron chi connectivity index (χ4n) is 3.18. The predicted molar refractivity (Wildman–Crippen MR) is 131 cm³/mol. The number of nitrogens with one attached hydrogen (secondary N) is 2. The molecule has 2 amide bonds. The van der Waals surface area contributed by atoms with E-state index in [1.807, 2.05) is 42.6 Å². The van der Waals surface area contributed by atoms with E-state index in [1.165, 1.54) is 24.2 Å². The van der Waals surface area contributed by atoms with Gasteiger partial charge in [-0.05, 0) is 59.7 Å². The lowest BCUT2D eigenvalue weighted by atomic mass is 9.98. The van der Waals surface area contributed by atoms with Gasteiger partial charge in [0, 0.05) is 22.4 Å². The second-order valence-corrected chi connectivity index (χ2v) is 10.1. The fourth-order valence-corrected chi connectivity index (χ4v) is 4.86. The number of amides is 2. The van der Waals surface area contributed by atoms with Gasteiger partial charge in [-0.3, -0.25) is 9.59 Å². The van der Waals surface area contributed by atoms with Crippen LogP contribution < -0.4 is 10.6 Å². The Morgan fingerprint density at radius 2 is 1.55 bits per heavy atom. The Hall–Kier alpha value is -2.57. The summed E-state index contributed by atoms with van der Waals surface area (Å²) >= 11 is 3.14. The largest absolute Gasteiger partial charge is 0.343 e. The lowest BCUT2D eigenvalue weighted by Gasteiger charge is -2.21. The van der Waals surface area contributed by atoms with E-state index in [-0.39, 0.29) is 23.1 Å². The van der Waals surface area contributed by atoms with E-state index < -0.39 is 0 Å². The number of anilines is 1. The van der Waals surface area contributed by atoms with E-state index in [9.17, 15) is 9.59 Å². The van der Waals surface area contributed by atoms with Crippen LogP contribution in [0.2, 0.25) is 0 Å². The predicted octanol–water partition coefficient (Wildman–Crippen LogP) is 6.22. The minimum Gasteiger partial charge on any atom is -0.343 e. The first-order valence-corrected chi connectivity index (χ1v) is 12.1. The van der Waals surface area contributed by atoms with Crippen LogP contribution in [0.5, 0.6) is 0 Å². The Morgan fingerprint density at radius 3 is 2.10 bits per heavy atom. The highest BCUT2D eigenvalue weighted by Crippen LogP contribution is 2.30. The Kier molecular flexibility index (Phi) is 7.93. The van der Waals surface area contributed by atoms with Crippen LogP contribution in [0.4, 0.5) is 5.69 Å². The van der Waals surface area contributed by atoms with E-state index >= 15 is 0 Å². The van der Waals surface area contributed by atoms with Crippen molar-refractivity contribution >= 4 is 40.6 Å². The topological polar surface area (TPSA) is 58.2 Å². The molecule has 2 unspecified atom stereocenters. The first kappa shape index (κ1) is 23.1. The van der Waals surface area contributed by atoms with E-state index in [2.05, 4.69) is 54.8 Å². The lowest BCUT2D eigenvalue weighted by Crippen LogP contribution is -2.34. The molecule has 2 aromatic carbocycles. The lowest BCUT2D eigenvalue weighted by molar-refractivity contribution is -0.120. The fraction of sp³-hybridized carbons (Fsp3) is 0.280. The third-order valence-corrected chi connectivity index (χ3v) is 6.96.